The lowest BCUT2D eigenvalue weighted by Crippen LogP contribution is -1.82. The van der Waals surface area contributed by atoms with Crippen LogP contribution in [0.15, 0.2) is 36.0 Å². The van der Waals surface area contributed by atoms with E-state index in [1.54, 1.807) is 0 Å². The summed E-state index contributed by atoms with van der Waals surface area (Å²) in [5, 5.41) is 0. The Balaban J connectivity index is 3.81. The molecule has 0 unspecified atom stereocenters. The Morgan fingerprint density at radius 3 is 2.50 bits per heavy atom. The van der Waals surface area contributed by atoms with Crippen LogP contribution in [0.25, 0.3) is 0 Å². The van der Waals surface area contributed by atoms with Gasteiger partial charge in [-0.25, -0.2) is 0 Å². The molecular formula is C14H24. The van der Waals surface area contributed by atoms with E-state index in [-0.39, 0.29) is 0 Å². The molecule has 0 amide bonds. The van der Waals surface area contributed by atoms with Gasteiger partial charge in [0.05, 0.1) is 0 Å². The Labute approximate surface area is 89.4 Å². The van der Waals surface area contributed by atoms with Crippen LogP contribution >= 0.6 is 0 Å². The van der Waals surface area contributed by atoms with Crippen molar-refractivity contribution in [2.75, 3.05) is 0 Å². The summed E-state index contributed by atoms with van der Waals surface area (Å²) in [4.78, 5) is 0. The second-order valence-electron chi connectivity index (χ2n) is 3.78. The van der Waals surface area contributed by atoms with Gasteiger partial charge in [-0.05, 0) is 39.5 Å². The van der Waals surface area contributed by atoms with Crippen LogP contribution in [0.5, 0.6) is 0 Å². The molecule has 0 nitrogen and oxygen atoms in total. The lowest BCUT2D eigenvalue weighted by molar-refractivity contribution is 0.874. The summed E-state index contributed by atoms with van der Waals surface area (Å²) in [6, 6.07) is 0. The lowest BCUT2D eigenvalue weighted by Gasteiger charge is -2.02. The van der Waals surface area contributed by atoms with Gasteiger partial charge in [0.15, 0.2) is 0 Å². The summed E-state index contributed by atoms with van der Waals surface area (Å²) in [7, 11) is 0. The maximum absolute atomic E-state index is 3.76. The molecule has 0 saturated heterocycles. The number of hydrogen-bond donors (Lipinski definition) is 0. The average molecular weight is 192 g/mol. The first-order valence-electron chi connectivity index (χ1n) is 5.65. The Hall–Kier alpha value is -0.780. The Bertz CT molecular complexity index is 206. The Morgan fingerprint density at radius 1 is 1.29 bits per heavy atom. The summed E-state index contributed by atoms with van der Waals surface area (Å²) in [5.41, 5.74) is 3.03. The second kappa shape index (κ2) is 8.80. The van der Waals surface area contributed by atoms with Crippen molar-refractivity contribution in [3.05, 3.63) is 36.0 Å². The molecule has 0 bridgehead atoms. The maximum Gasteiger partial charge on any atom is -0.0142 e. The summed E-state index contributed by atoms with van der Waals surface area (Å²) in [6.45, 7) is 10.3. The van der Waals surface area contributed by atoms with Gasteiger partial charge in [-0.3, -0.25) is 0 Å². The number of allylic oxidation sites excluding steroid dienone is 5. The normalized spacial score (nSPS) is 13.1. The zero-order valence-electron chi connectivity index (χ0n) is 9.97. The monoisotopic (exact) mass is 192 g/mol. The summed E-state index contributed by atoms with van der Waals surface area (Å²) < 4.78 is 0. The van der Waals surface area contributed by atoms with Crippen molar-refractivity contribution in [3.8, 4) is 0 Å². The van der Waals surface area contributed by atoms with Gasteiger partial charge in [0, 0.05) is 0 Å². The minimum Gasteiger partial charge on any atom is -0.103 e. The quantitative estimate of drug-likeness (QED) is 0.496. The highest BCUT2D eigenvalue weighted by molar-refractivity contribution is 5.07. The molecule has 0 aromatic carbocycles. The van der Waals surface area contributed by atoms with Crippen LogP contribution in [-0.4, -0.2) is 0 Å². The topological polar surface area (TPSA) is 0 Å². The van der Waals surface area contributed by atoms with Gasteiger partial charge in [0.25, 0.3) is 0 Å². The van der Waals surface area contributed by atoms with Gasteiger partial charge in [0.1, 0.15) is 0 Å². The number of rotatable bonds is 7. The first-order chi connectivity index (χ1) is 6.74. The molecule has 0 heterocycles. The predicted molar refractivity (Wildman–Crippen MR) is 66.5 cm³/mol. The van der Waals surface area contributed by atoms with Gasteiger partial charge in [-0.15, -0.1) is 6.58 Å². The van der Waals surface area contributed by atoms with Crippen molar-refractivity contribution >= 4 is 0 Å². The highest BCUT2D eigenvalue weighted by Gasteiger charge is 1.92. The fourth-order valence-electron chi connectivity index (χ4n) is 1.55. The molecule has 0 atom stereocenters. The van der Waals surface area contributed by atoms with E-state index < -0.39 is 0 Å². The molecule has 0 heteroatoms. The fourth-order valence-corrected chi connectivity index (χ4v) is 1.55. The first-order valence-corrected chi connectivity index (χ1v) is 5.65. The van der Waals surface area contributed by atoms with Crippen LogP contribution < -0.4 is 0 Å². The summed E-state index contributed by atoms with van der Waals surface area (Å²) >= 11 is 0. The second-order valence-corrected chi connectivity index (χ2v) is 3.78. The van der Waals surface area contributed by atoms with Crippen molar-refractivity contribution in [3.63, 3.8) is 0 Å². The molecule has 80 valence electrons. The molecule has 0 rings (SSSR count). The zero-order chi connectivity index (χ0) is 10.8. The third-order valence-corrected chi connectivity index (χ3v) is 2.42. The fraction of sp³-hybridized carbons (Fsp3) is 0.571. The third-order valence-electron chi connectivity index (χ3n) is 2.42. The van der Waals surface area contributed by atoms with E-state index in [4.69, 9.17) is 0 Å². The maximum atomic E-state index is 3.76. The van der Waals surface area contributed by atoms with Crippen molar-refractivity contribution < 1.29 is 0 Å². The van der Waals surface area contributed by atoms with E-state index in [1.165, 1.54) is 36.8 Å². The molecule has 0 aromatic heterocycles. The van der Waals surface area contributed by atoms with Crippen molar-refractivity contribution in [1.29, 1.82) is 0 Å². The van der Waals surface area contributed by atoms with Crippen LogP contribution in [0.1, 0.15) is 52.9 Å². The highest BCUT2D eigenvalue weighted by Crippen LogP contribution is 2.13. The molecule has 0 fully saturated rings. The van der Waals surface area contributed by atoms with E-state index >= 15 is 0 Å². The van der Waals surface area contributed by atoms with Crippen molar-refractivity contribution in [1.82, 2.24) is 0 Å². The van der Waals surface area contributed by atoms with Crippen LogP contribution in [0, 0.1) is 0 Å². The van der Waals surface area contributed by atoms with Gasteiger partial charge >= 0.3 is 0 Å². The molecule has 0 aromatic rings. The van der Waals surface area contributed by atoms with E-state index in [9.17, 15) is 0 Å². The number of hydrogen-bond acceptors (Lipinski definition) is 0. The lowest BCUT2D eigenvalue weighted by atomic mass is 10.0. The average Bonchev–Trinajstić information content (AvgIpc) is 2.17. The van der Waals surface area contributed by atoms with Crippen molar-refractivity contribution in [2.45, 2.75) is 52.9 Å². The van der Waals surface area contributed by atoms with Crippen molar-refractivity contribution in [2.24, 2.45) is 0 Å². The van der Waals surface area contributed by atoms with E-state index in [0.717, 1.165) is 6.42 Å². The molecule has 0 radical (unpaired) electrons. The van der Waals surface area contributed by atoms with Gasteiger partial charge in [-0.1, -0.05) is 42.7 Å². The minimum absolute atomic E-state index is 1.04. The highest BCUT2D eigenvalue weighted by atomic mass is 14.0. The van der Waals surface area contributed by atoms with Gasteiger partial charge < -0.3 is 0 Å². The third kappa shape index (κ3) is 6.71. The van der Waals surface area contributed by atoms with Crippen LogP contribution in [0.4, 0.5) is 0 Å². The zero-order valence-corrected chi connectivity index (χ0v) is 9.97. The molecule has 0 saturated carbocycles. The minimum atomic E-state index is 1.04. The van der Waals surface area contributed by atoms with Crippen LogP contribution in [0.2, 0.25) is 0 Å². The summed E-state index contributed by atoms with van der Waals surface area (Å²) in [6.07, 6.45) is 12.5. The van der Waals surface area contributed by atoms with Gasteiger partial charge in [-0.2, -0.15) is 0 Å². The van der Waals surface area contributed by atoms with Crippen LogP contribution in [0.3, 0.4) is 0 Å². The van der Waals surface area contributed by atoms with Gasteiger partial charge in [0.2, 0.25) is 0 Å². The molecule has 0 spiro atoms. The van der Waals surface area contributed by atoms with E-state index in [0.29, 0.717) is 0 Å². The standard InChI is InChI=1S/C14H24/c1-5-9-13(4)11-8-12-14(7-3)10-6-2/h6-7,11H,2,5,8-10,12H2,1,3-4H3/b13-11-,14-7+. The van der Waals surface area contributed by atoms with E-state index in [1.807, 2.05) is 6.08 Å². The van der Waals surface area contributed by atoms with E-state index in [2.05, 4.69) is 39.5 Å². The molecular weight excluding hydrogens is 168 g/mol. The van der Waals surface area contributed by atoms with Crippen LogP contribution in [-0.2, 0) is 0 Å². The first kappa shape index (κ1) is 13.2. The molecule has 14 heavy (non-hydrogen) atoms. The Kier molecular flexibility index (Phi) is 8.31. The SMILES string of the molecule is C=CC/C(=C\C)CC/C=C(/C)CCC. The summed E-state index contributed by atoms with van der Waals surface area (Å²) in [5.74, 6) is 0. The predicted octanol–water partition coefficient (Wildman–Crippen LogP) is 5.04. The molecule has 0 aliphatic heterocycles. The molecule has 0 aliphatic rings. The molecule has 0 aliphatic carbocycles. The largest absolute Gasteiger partial charge is 0.103 e. The molecule has 0 N–H and O–H groups in total. The Morgan fingerprint density at radius 2 is 2.00 bits per heavy atom. The smallest absolute Gasteiger partial charge is 0.0142 e.